The molecular formula is C17H20N4O2. The number of fused-ring (bicyclic) bond motifs is 1. The molecule has 1 atom stereocenters. The van der Waals surface area contributed by atoms with E-state index in [-0.39, 0.29) is 11.8 Å². The highest BCUT2D eigenvalue weighted by atomic mass is 16.2. The van der Waals surface area contributed by atoms with Crippen LogP contribution in [-0.4, -0.2) is 35.6 Å². The van der Waals surface area contributed by atoms with Gasteiger partial charge in [0.05, 0.1) is 0 Å². The second kappa shape index (κ2) is 6.75. The van der Waals surface area contributed by atoms with Crippen molar-refractivity contribution in [3.63, 3.8) is 0 Å². The quantitative estimate of drug-likeness (QED) is 0.556. The van der Waals surface area contributed by atoms with E-state index in [1.807, 2.05) is 24.3 Å². The summed E-state index contributed by atoms with van der Waals surface area (Å²) in [5.41, 5.74) is 7.51. The van der Waals surface area contributed by atoms with Gasteiger partial charge >= 0.3 is 0 Å². The first-order chi connectivity index (χ1) is 11.2. The van der Waals surface area contributed by atoms with Crippen LogP contribution in [0, 0.1) is 0 Å². The topological polar surface area (TPSA) is 100 Å². The van der Waals surface area contributed by atoms with Crippen molar-refractivity contribution in [2.24, 2.45) is 10.7 Å². The molecule has 1 unspecified atom stereocenters. The SMILES string of the molecule is NCCCCCN=C1C(=O)NC(=O)C1c1c[nH]c2ccccc12. The smallest absolute Gasteiger partial charge is 0.272 e. The first kappa shape index (κ1) is 15.4. The van der Waals surface area contributed by atoms with E-state index in [1.165, 1.54) is 0 Å². The van der Waals surface area contributed by atoms with Crippen LogP contribution in [0.3, 0.4) is 0 Å². The summed E-state index contributed by atoms with van der Waals surface area (Å²) in [7, 11) is 0. The molecule has 1 aromatic carbocycles. The van der Waals surface area contributed by atoms with Gasteiger partial charge in [0.1, 0.15) is 11.6 Å². The number of unbranched alkanes of at least 4 members (excludes halogenated alkanes) is 2. The van der Waals surface area contributed by atoms with Crippen molar-refractivity contribution in [2.75, 3.05) is 13.1 Å². The number of aromatic amines is 1. The molecule has 1 aliphatic rings. The Labute approximate surface area is 134 Å². The van der Waals surface area contributed by atoms with Crippen molar-refractivity contribution >= 4 is 28.4 Å². The van der Waals surface area contributed by atoms with Gasteiger partial charge in [0.2, 0.25) is 5.91 Å². The maximum absolute atomic E-state index is 12.2. The van der Waals surface area contributed by atoms with Crippen molar-refractivity contribution in [1.82, 2.24) is 10.3 Å². The molecule has 23 heavy (non-hydrogen) atoms. The minimum absolute atomic E-state index is 0.305. The van der Waals surface area contributed by atoms with E-state index in [1.54, 1.807) is 6.20 Å². The number of hydrogen-bond donors (Lipinski definition) is 3. The molecule has 120 valence electrons. The van der Waals surface area contributed by atoms with E-state index in [4.69, 9.17) is 5.73 Å². The summed E-state index contributed by atoms with van der Waals surface area (Å²) in [5, 5.41) is 3.32. The van der Waals surface area contributed by atoms with Crippen LogP contribution in [-0.2, 0) is 9.59 Å². The Morgan fingerprint density at radius 1 is 1.13 bits per heavy atom. The number of H-pyrrole nitrogens is 1. The molecule has 0 radical (unpaired) electrons. The number of carbonyl (C=O) groups excluding carboxylic acids is 2. The van der Waals surface area contributed by atoms with Crippen molar-refractivity contribution in [3.05, 3.63) is 36.0 Å². The lowest BCUT2D eigenvalue weighted by Gasteiger charge is -2.06. The molecule has 2 aromatic rings. The summed E-state index contributed by atoms with van der Waals surface area (Å²) in [6.45, 7) is 1.20. The highest BCUT2D eigenvalue weighted by Crippen LogP contribution is 2.29. The average molecular weight is 312 g/mol. The highest BCUT2D eigenvalue weighted by Gasteiger charge is 2.40. The van der Waals surface area contributed by atoms with Crippen LogP contribution in [0.4, 0.5) is 0 Å². The summed E-state index contributed by atoms with van der Waals surface area (Å²) < 4.78 is 0. The number of nitrogens with zero attached hydrogens (tertiary/aromatic N) is 1. The first-order valence-corrected chi connectivity index (χ1v) is 7.88. The minimum atomic E-state index is -0.631. The van der Waals surface area contributed by atoms with Gasteiger partial charge in [-0.2, -0.15) is 0 Å². The lowest BCUT2D eigenvalue weighted by molar-refractivity contribution is -0.124. The Bertz CT molecular complexity index is 763. The van der Waals surface area contributed by atoms with Crippen LogP contribution in [0.5, 0.6) is 0 Å². The van der Waals surface area contributed by atoms with Crippen LogP contribution in [0.2, 0.25) is 0 Å². The van der Waals surface area contributed by atoms with Crippen LogP contribution in [0.15, 0.2) is 35.5 Å². The van der Waals surface area contributed by atoms with Gasteiger partial charge in [-0.15, -0.1) is 0 Å². The molecule has 6 heteroatoms. The fraction of sp³-hybridized carbons (Fsp3) is 0.353. The van der Waals surface area contributed by atoms with E-state index in [0.29, 0.717) is 18.8 Å². The molecule has 0 aliphatic carbocycles. The molecule has 2 heterocycles. The molecule has 1 saturated heterocycles. The Morgan fingerprint density at radius 3 is 2.78 bits per heavy atom. The molecule has 0 saturated carbocycles. The lowest BCUT2D eigenvalue weighted by Crippen LogP contribution is -2.22. The Kier molecular flexibility index (Phi) is 4.52. The number of amides is 2. The number of nitrogens with two attached hydrogens (primary N) is 1. The predicted molar refractivity (Wildman–Crippen MR) is 89.4 cm³/mol. The molecule has 2 amide bonds. The van der Waals surface area contributed by atoms with E-state index < -0.39 is 5.92 Å². The van der Waals surface area contributed by atoms with Gasteiger partial charge in [-0.05, 0) is 31.0 Å². The Balaban J connectivity index is 1.87. The molecule has 3 rings (SSSR count). The number of hydrogen-bond acceptors (Lipinski definition) is 4. The summed E-state index contributed by atoms with van der Waals surface area (Å²) in [6, 6.07) is 7.72. The fourth-order valence-electron chi connectivity index (χ4n) is 2.92. The molecule has 0 spiro atoms. The fourth-order valence-corrected chi connectivity index (χ4v) is 2.92. The molecule has 0 bridgehead atoms. The third-order valence-corrected chi connectivity index (χ3v) is 4.08. The van der Waals surface area contributed by atoms with Gasteiger partial charge in [-0.25, -0.2) is 0 Å². The van der Waals surface area contributed by atoms with Crippen LogP contribution >= 0.6 is 0 Å². The van der Waals surface area contributed by atoms with Crippen molar-refractivity contribution < 1.29 is 9.59 Å². The van der Waals surface area contributed by atoms with Gasteiger partial charge in [-0.1, -0.05) is 24.6 Å². The first-order valence-electron chi connectivity index (χ1n) is 7.88. The molecule has 1 aromatic heterocycles. The van der Waals surface area contributed by atoms with Gasteiger partial charge in [0, 0.05) is 23.6 Å². The zero-order valence-electron chi connectivity index (χ0n) is 12.8. The van der Waals surface area contributed by atoms with Crippen molar-refractivity contribution in [3.8, 4) is 0 Å². The number of imide groups is 1. The molecule has 1 fully saturated rings. The van der Waals surface area contributed by atoms with E-state index >= 15 is 0 Å². The van der Waals surface area contributed by atoms with Crippen LogP contribution in [0.25, 0.3) is 10.9 Å². The summed E-state index contributed by atoms with van der Waals surface area (Å²) in [6.07, 6.45) is 4.57. The largest absolute Gasteiger partial charge is 0.361 e. The number of aromatic nitrogens is 1. The van der Waals surface area contributed by atoms with E-state index in [0.717, 1.165) is 35.7 Å². The van der Waals surface area contributed by atoms with E-state index in [2.05, 4.69) is 15.3 Å². The van der Waals surface area contributed by atoms with Crippen LogP contribution < -0.4 is 11.1 Å². The summed E-state index contributed by atoms with van der Waals surface area (Å²) in [5.74, 6) is -1.32. The number of para-hydroxylation sites is 1. The number of benzene rings is 1. The van der Waals surface area contributed by atoms with Crippen molar-refractivity contribution in [1.29, 1.82) is 0 Å². The zero-order valence-corrected chi connectivity index (χ0v) is 12.8. The minimum Gasteiger partial charge on any atom is -0.361 e. The highest BCUT2D eigenvalue weighted by molar-refractivity contribution is 6.52. The Morgan fingerprint density at radius 2 is 1.96 bits per heavy atom. The Hall–Kier alpha value is -2.47. The zero-order chi connectivity index (χ0) is 16.2. The monoisotopic (exact) mass is 312 g/mol. The molecule has 6 nitrogen and oxygen atoms in total. The van der Waals surface area contributed by atoms with E-state index in [9.17, 15) is 9.59 Å². The standard InChI is InChI=1S/C17H20N4O2/c18-8-4-1-5-9-19-15-14(16(22)21-17(15)23)12-10-20-13-7-3-2-6-11(12)13/h2-3,6-7,10,14,20H,1,4-5,8-9,18H2,(H,21,22,23). The third-order valence-electron chi connectivity index (χ3n) is 4.08. The number of nitrogens with one attached hydrogen (secondary N) is 2. The third kappa shape index (κ3) is 3.03. The molecule has 1 aliphatic heterocycles. The van der Waals surface area contributed by atoms with Gasteiger partial charge < -0.3 is 10.7 Å². The average Bonchev–Trinajstić information content (AvgIpc) is 3.08. The number of carbonyl (C=O) groups is 2. The summed E-state index contributed by atoms with van der Waals surface area (Å²) in [4.78, 5) is 31.8. The van der Waals surface area contributed by atoms with Gasteiger partial charge in [0.15, 0.2) is 0 Å². The van der Waals surface area contributed by atoms with Crippen LogP contribution in [0.1, 0.15) is 30.7 Å². The maximum Gasteiger partial charge on any atom is 0.272 e. The van der Waals surface area contributed by atoms with Crippen molar-refractivity contribution in [2.45, 2.75) is 25.2 Å². The van der Waals surface area contributed by atoms with Gasteiger partial charge in [-0.3, -0.25) is 19.9 Å². The molecule has 4 N–H and O–H groups in total. The summed E-state index contributed by atoms with van der Waals surface area (Å²) >= 11 is 0. The normalized spacial score (nSPS) is 19.7. The molecular weight excluding hydrogens is 292 g/mol. The second-order valence-corrected chi connectivity index (χ2v) is 5.66. The number of rotatable bonds is 6. The predicted octanol–water partition coefficient (Wildman–Crippen LogP) is 1.48. The number of aliphatic imine (C=N–C) groups is 1. The second-order valence-electron chi connectivity index (χ2n) is 5.66. The van der Waals surface area contributed by atoms with Gasteiger partial charge in [0.25, 0.3) is 5.91 Å². The maximum atomic E-state index is 12.2. The lowest BCUT2D eigenvalue weighted by atomic mass is 9.95.